The van der Waals surface area contributed by atoms with Crippen molar-refractivity contribution >= 4 is 96.0 Å². The third-order valence-electron chi connectivity index (χ3n) is 7.76. The van der Waals surface area contributed by atoms with E-state index in [0.717, 1.165) is 21.2 Å². The number of hydrogen-bond donors (Lipinski definition) is 1. The molecule has 0 unspecified atom stereocenters. The Labute approximate surface area is 220 Å². The van der Waals surface area contributed by atoms with E-state index >= 15 is 0 Å². The van der Waals surface area contributed by atoms with Crippen LogP contribution in [0, 0.1) is 0 Å². The van der Waals surface area contributed by atoms with E-state index in [0.29, 0.717) is 15.0 Å². The van der Waals surface area contributed by atoms with Gasteiger partial charge in [0.1, 0.15) is 5.75 Å². The lowest BCUT2D eigenvalue weighted by Crippen LogP contribution is -2.45. The predicted molar refractivity (Wildman–Crippen MR) is 161 cm³/mol. The van der Waals surface area contributed by atoms with Gasteiger partial charge in [0.25, 0.3) is 0 Å². The molecule has 173 valence electrons. The van der Waals surface area contributed by atoms with Crippen LogP contribution in [0.4, 0.5) is 0 Å². The van der Waals surface area contributed by atoms with Crippen molar-refractivity contribution in [1.29, 1.82) is 0 Å². The molecule has 7 aromatic rings. The van der Waals surface area contributed by atoms with Crippen LogP contribution in [0.15, 0.2) is 97.1 Å². The van der Waals surface area contributed by atoms with Crippen molar-refractivity contribution in [3.05, 3.63) is 97.1 Å². The number of benzene rings is 7. The zero-order chi connectivity index (χ0) is 24.5. The Morgan fingerprint density at radius 1 is 0.568 bits per heavy atom. The average Bonchev–Trinajstić information content (AvgIpc) is 2.93. The third-order valence-corrected chi connectivity index (χ3v) is 17.1. The molecule has 1 aliphatic heterocycles. The highest BCUT2D eigenvalue weighted by molar-refractivity contribution is 7.39. The van der Waals surface area contributed by atoms with E-state index in [-0.39, 0.29) is 0 Å². The monoisotopic (exact) mass is 521 g/mol. The van der Waals surface area contributed by atoms with E-state index in [9.17, 15) is 5.11 Å². The van der Waals surface area contributed by atoms with E-state index in [2.05, 4.69) is 91.0 Å². The van der Waals surface area contributed by atoms with Crippen LogP contribution < -0.4 is 5.19 Å². The fourth-order valence-corrected chi connectivity index (χ4v) is 15.0. The van der Waals surface area contributed by atoms with Gasteiger partial charge in [-0.05, 0) is 130 Å². The van der Waals surface area contributed by atoms with Crippen molar-refractivity contribution in [2.24, 2.45) is 0 Å². The zero-order valence-electron chi connectivity index (χ0n) is 20.0. The van der Waals surface area contributed by atoms with Crippen molar-refractivity contribution in [3.63, 3.8) is 0 Å². The van der Waals surface area contributed by atoms with Crippen LogP contribution in [0.1, 0.15) is 0 Å². The SMILES string of the molecule is Oc1ccc2cc3cc4ccc5cc6cc7ccccc7cc6cc5c4cc3cc2c1[Si]1CCO[Si][Si]1. The fourth-order valence-electron chi connectivity index (χ4n) is 5.93. The summed E-state index contributed by atoms with van der Waals surface area (Å²) in [6.45, 7) is 0.822. The normalized spacial score (nSPS) is 15.0. The summed E-state index contributed by atoms with van der Waals surface area (Å²) in [6.07, 6.45) is 0. The lowest BCUT2D eigenvalue weighted by molar-refractivity contribution is 0.367. The van der Waals surface area contributed by atoms with E-state index in [4.69, 9.17) is 4.43 Å². The Balaban J connectivity index is 1.40. The van der Waals surface area contributed by atoms with E-state index in [1.54, 1.807) is 0 Å². The summed E-state index contributed by atoms with van der Waals surface area (Å²) in [4.78, 5) is 0. The van der Waals surface area contributed by atoms with Crippen LogP contribution in [0.25, 0.3) is 64.6 Å². The number of aromatic hydroxyl groups is 1. The first-order chi connectivity index (χ1) is 18.2. The molecule has 37 heavy (non-hydrogen) atoms. The van der Waals surface area contributed by atoms with Gasteiger partial charge < -0.3 is 9.53 Å². The van der Waals surface area contributed by atoms with Gasteiger partial charge in [0.2, 0.25) is 9.28 Å². The highest BCUT2D eigenvalue weighted by atomic mass is 29.5. The Morgan fingerprint density at radius 3 is 1.70 bits per heavy atom. The molecule has 5 heteroatoms. The first-order valence-electron chi connectivity index (χ1n) is 12.6. The number of fused-ring (bicyclic) bond motifs is 7. The molecule has 0 aromatic heterocycles. The van der Waals surface area contributed by atoms with Gasteiger partial charge in [0, 0.05) is 6.61 Å². The number of rotatable bonds is 1. The summed E-state index contributed by atoms with van der Waals surface area (Å²) in [5.74, 6) is 0.463. The summed E-state index contributed by atoms with van der Waals surface area (Å²) >= 11 is 0. The van der Waals surface area contributed by atoms with Crippen molar-refractivity contribution in [2.75, 3.05) is 6.61 Å². The first kappa shape index (κ1) is 21.6. The maximum absolute atomic E-state index is 10.9. The average molecular weight is 522 g/mol. The van der Waals surface area contributed by atoms with E-state index < -0.39 is 8.31 Å². The van der Waals surface area contributed by atoms with Gasteiger partial charge in [0.05, 0.1) is 16.9 Å². The van der Waals surface area contributed by atoms with Gasteiger partial charge in [0.15, 0.2) is 0 Å². The maximum Gasteiger partial charge on any atom is 0.203 e. The van der Waals surface area contributed by atoms with Crippen LogP contribution in [0.5, 0.6) is 5.75 Å². The maximum atomic E-state index is 10.9. The molecule has 0 aliphatic carbocycles. The smallest absolute Gasteiger partial charge is 0.203 e. The lowest BCUT2D eigenvalue weighted by atomic mass is 9.94. The van der Waals surface area contributed by atoms with E-state index in [1.165, 1.54) is 69.8 Å². The molecule has 8 rings (SSSR count). The molecule has 7 aromatic carbocycles. The predicted octanol–water partition coefficient (Wildman–Crippen LogP) is 6.78. The summed E-state index contributed by atoms with van der Waals surface area (Å²) < 4.78 is 5.67. The minimum absolute atomic E-state index is 0.463. The molecule has 2 nitrogen and oxygen atoms in total. The van der Waals surface area contributed by atoms with Crippen LogP contribution in [-0.2, 0) is 4.43 Å². The molecule has 5 radical (unpaired) electrons. The minimum Gasteiger partial charge on any atom is -0.508 e. The van der Waals surface area contributed by atoms with Crippen LogP contribution in [0.3, 0.4) is 0 Å². The zero-order valence-corrected chi connectivity index (χ0v) is 23.0. The topological polar surface area (TPSA) is 29.5 Å². The molecule has 0 atom stereocenters. The molecule has 1 N–H and O–H groups in total. The summed E-state index contributed by atoms with van der Waals surface area (Å²) in [6, 6.07) is 36.8. The number of phenolic OH excluding ortho intramolecular Hbond substituents is 1. The minimum atomic E-state index is -0.802. The summed E-state index contributed by atoms with van der Waals surface area (Å²) in [5.41, 5.74) is 0. The molecule has 1 fully saturated rings. The van der Waals surface area contributed by atoms with Gasteiger partial charge in [-0.1, -0.05) is 42.5 Å². The van der Waals surface area contributed by atoms with Gasteiger partial charge in [-0.15, -0.1) is 0 Å². The lowest BCUT2D eigenvalue weighted by Gasteiger charge is -2.22. The van der Waals surface area contributed by atoms with Crippen molar-refractivity contribution in [2.45, 2.75) is 6.04 Å². The highest BCUT2D eigenvalue weighted by Crippen LogP contribution is 2.35. The molecule has 0 bridgehead atoms. The Morgan fingerprint density at radius 2 is 1.08 bits per heavy atom. The Hall–Kier alpha value is -3.49. The van der Waals surface area contributed by atoms with Crippen LogP contribution in [-0.4, -0.2) is 37.9 Å². The molecular weight excluding hydrogens is 501 g/mol. The first-order valence-corrected chi connectivity index (χ1v) is 18.2. The molecule has 0 amide bonds. The van der Waals surface area contributed by atoms with Gasteiger partial charge in [-0.2, -0.15) is 0 Å². The molecule has 0 spiro atoms. The second-order valence-electron chi connectivity index (χ2n) is 9.94. The molecule has 1 saturated heterocycles. The van der Waals surface area contributed by atoms with Crippen LogP contribution in [0.2, 0.25) is 6.04 Å². The van der Waals surface area contributed by atoms with Crippen LogP contribution >= 0.6 is 0 Å². The quantitative estimate of drug-likeness (QED) is 0.147. The Kier molecular flexibility index (Phi) is 4.82. The number of hydrogen-bond acceptors (Lipinski definition) is 2. The highest BCUT2D eigenvalue weighted by Gasteiger charge is 2.24. The number of phenols is 1. The van der Waals surface area contributed by atoms with Crippen molar-refractivity contribution in [3.8, 4) is 5.75 Å². The third kappa shape index (κ3) is 3.46. The molecule has 1 aliphatic rings. The largest absolute Gasteiger partial charge is 0.508 e. The van der Waals surface area contributed by atoms with E-state index in [1.807, 2.05) is 6.07 Å². The van der Waals surface area contributed by atoms with Gasteiger partial charge in [-0.25, -0.2) is 0 Å². The standard InChI is InChI=1S/C32H21O2Si3/c33-31-8-7-23-15-25-14-22-6-5-21-13-24-11-19-3-1-2-4-20(19)12-26(24)16-28(21)29(22)17-27(25)18-30(23)32(31)37-10-9-34-35-36-37/h1-8,11-18,33H,9-10H2. The summed E-state index contributed by atoms with van der Waals surface area (Å²) in [7, 11) is 0.587. The van der Waals surface area contributed by atoms with Crippen molar-refractivity contribution < 1.29 is 9.53 Å². The Bertz CT molecular complexity index is 2040. The summed E-state index contributed by atoms with van der Waals surface area (Å²) in [5, 5.41) is 27.2. The molecule has 0 saturated carbocycles. The van der Waals surface area contributed by atoms with Gasteiger partial charge >= 0.3 is 0 Å². The fraction of sp³-hybridized carbons (Fsp3) is 0.0625. The molecule has 1 heterocycles. The second kappa shape index (κ2) is 8.26. The van der Waals surface area contributed by atoms with Crippen molar-refractivity contribution in [1.82, 2.24) is 0 Å². The van der Waals surface area contributed by atoms with Gasteiger partial charge in [-0.3, -0.25) is 0 Å². The molecular formula is C32H21O2Si3. The second-order valence-corrected chi connectivity index (χ2v) is 18.1.